The predicted molar refractivity (Wildman–Crippen MR) is 101 cm³/mol. The third kappa shape index (κ3) is 3.28. The van der Waals surface area contributed by atoms with E-state index in [0.717, 1.165) is 54.9 Å². The molecular formula is C22H25NO3. The number of hydrogen-bond donors (Lipinski definition) is 0. The van der Waals surface area contributed by atoms with Gasteiger partial charge in [0.15, 0.2) is 11.5 Å². The fourth-order valence-electron chi connectivity index (χ4n) is 3.79. The van der Waals surface area contributed by atoms with Gasteiger partial charge in [0.05, 0.1) is 19.3 Å². The summed E-state index contributed by atoms with van der Waals surface area (Å²) in [7, 11) is 0. The molecule has 4 rings (SSSR count). The molecule has 1 amide bonds. The number of aryl methyl sites for hydroxylation is 1. The zero-order chi connectivity index (χ0) is 17.9. The number of amides is 1. The van der Waals surface area contributed by atoms with Gasteiger partial charge in [0.1, 0.15) is 0 Å². The first-order chi connectivity index (χ1) is 12.8. The summed E-state index contributed by atoms with van der Waals surface area (Å²) in [5, 5.41) is 0. The third-order valence-corrected chi connectivity index (χ3v) is 5.28. The van der Waals surface area contributed by atoms with Gasteiger partial charge in [-0.05, 0) is 54.7 Å². The number of benzene rings is 2. The molecule has 2 aliphatic rings. The van der Waals surface area contributed by atoms with Crippen LogP contribution in [-0.4, -0.2) is 30.6 Å². The van der Waals surface area contributed by atoms with Crippen LogP contribution in [0.1, 0.15) is 53.7 Å². The van der Waals surface area contributed by atoms with Crippen LogP contribution in [0.2, 0.25) is 0 Å². The van der Waals surface area contributed by atoms with Crippen LogP contribution in [0.3, 0.4) is 0 Å². The largest absolute Gasteiger partial charge is 0.490 e. The normalized spacial score (nSPS) is 19.3. The molecule has 2 heterocycles. The van der Waals surface area contributed by atoms with Gasteiger partial charge in [-0.1, -0.05) is 25.1 Å². The molecule has 4 heteroatoms. The van der Waals surface area contributed by atoms with Gasteiger partial charge >= 0.3 is 0 Å². The molecule has 0 aromatic heterocycles. The Labute approximate surface area is 154 Å². The lowest BCUT2D eigenvalue weighted by molar-refractivity contribution is 0.0735. The summed E-state index contributed by atoms with van der Waals surface area (Å²) in [6, 6.07) is 14.2. The highest BCUT2D eigenvalue weighted by Gasteiger charge is 2.31. The zero-order valence-electron chi connectivity index (χ0n) is 15.2. The molecule has 2 aliphatic heterocycles. The number of likely N-dealkylation sites (tertiary alicyclic amines) is 1. The first-order valence-corrected chi connectivity index (χ1v) is 9.55. The second-order valence-corrected chi connectivity index (χ2v) is 6.96. The number of fused-ring (bicyclic) bond motifs is 1. The summed E-state index contributed by atoms with van der Waals surface area (Å²) in [5.74, 6) is 1.71. The minimum atomic E-state index is 0.102. The van der Waals surface area contributed by atoms with E-state index in [1.165, 1.54) is 5.56 Å². The van der Waals surface area contributed by atoms with E-state index in [2.05, 4.69) is 19.1 Å². The van der Waals surface area contributed by atoms with E-state index in [9.17, 15) is 4.79 Å². The van der Waals surface area contributed by atoms with Crippen molar-refractivity contribution in [2.75, 3.05) is 19.8 Å². The van der Waals surface area contributed by atoms with Crippen molar-refractivity contribution in [3.63, 3.8) is 0 Å². The van der Waals surface area contributed by atoms with E-state index in [0.29, 0.717) is 13.2 Å². The van der Waals surface area contributed by atoms with Crippen LogP contribution < -0.4 is 9.47 Å². The van der Waals surface area contributed by atoms with E-state index < -0.39 is 0 Å². The Morgan fingerprint density at radius 2 is 1.81 bits per heavy atom. The second-order valence-electron chi connectivity index (χ2n) is 6.96. The second kappa shape index (κ2) is 7.40. The molecule has 0 bridgehead atoms. The van der Waals surface area contributed by atoms with Crippen LogP contribution in [0, 0.1) is 0 Å². The Hall–Kier alpha value is -2.49. The molecule has 0 aliphatic carbocycles. The maximum atomic E-state index is 13.0. The molecule has 1 fully saturated rings. The zero-order valence-corrected chi connectivity index (χ0v) is 15.2. The van der Waals surface area contributed by atoms with Crippen LogP contribution >= 0.6 is 0 Å². The van der Waals surface area contributed by atoms with E-state index in [4.69, 9.17) is 9.47 Å². The van der Waals surface area contributed by atoms with Crippen LogP contribution in [-0.2, 0) is 6.42 Å². The van der Waals surface area contributed by atoms with Crippen molar-refractivity contribution >= 4 is 5.91 Å². The van der Waals surface area contributed by atoms with Crippen LogP contribution in [0.25, 0.3) is 0 Å². The molecule has 0 spiro atoms. The predicted octanol–water partition coefficient (Wildman–Crippen LogP) is 4.39. The average Bonchev–Trinajstić information content (AvgIpc) is 3.06. The van der Waals surface area contributed by atoms with Gasteiger partial charge in [-0.25, -0.2) is 0 Å². The molecule has 1 unspecified atom stereocenters. The van der Waals surface area contributed by atoms with Crippen molar-refractivity contribution in [1.29, 1.82) is 0 Å². The Morgan fingerprint density at radius 1 is 1.04 bits per heavy atom. The molecule has 2 aromatic carbocycles. The molecule has 136 valence electrons. The smallest absolute Gasteiger partial charge is 0.254 e. The SMILES string of the molecule is CCc1ccc(C(=O)N2CCCC2c2ccc3c(c2)OCCCO3)cc1. The molecule has 1 saturated heterocycles. The Kier molecular flexibility index (Phi) is 4.83. The molecular weight excluding hydrogens is 326 g/mol. The maximum absolute atomic E-state index is 13.0. The molecule has 26 heavy (non-hydrogen) atoms. The first kappa shape index (κ1) is 17.0. The van der Waals surface area contributed by atoms with Gasteiger partial charge in [-0.3, -0.25) is 4.79 Å². The monoisotopic (exact) mass is 351 g/mol. The summed E-state index contributed by atoms with van der Waals surface area (Å²) >= 11 is 0. The number of rotatable bonds is 3. The van der Waals surface area contributed by atoms with Crippen molar-refractivity contribution in [3.05, 3.63) is 59.2 Å². The van der Waals surface area contributed by atoms with Crippen molar-refractivity contribution in [3.8, 4) is 11.5 Å². The number of carbonyl (C=O) groups excluding carboxylic acids is 1. The molecule has 0 N–H and O–H groups in total. The molecule has 1 atom stereocenters. The number of hydrogen-bond acceptors (Lipinski definition) is 3. The maximum Gasteiger partial charge on any atom is 0.254 e. The summed E-state index contributed by atoms with van der Waals surface area (Å²) in [4.78, 5) is 15.0. The lowest BCUT2D eigenvalue weighted by Crippen LogP contribution is -2.30. The third-order valence-electron chi connectivity index (χ3n) is 5.28. The van der Waals surface area contributed by atoms with Crippen molar-refractivity contribution in [2.45, 2.75) is 38.6 Å². The van der Waals surface area contributed by atoms with Gasteiger partial charge in [-0.2, -0.15) is 0 Å². The first-order valence-electron chi connectivity index (χ1n) is 9.55. The minimum absolute atomic E-state index is 0.102. The summed E-state index contributed by atoms with van der Waals surface area (Å²) in [6.45, 7) is 4.28. The van der Waals surface area contributed by atoms with Gasteiger partial charge in [0.25, 0.3) is 5.91 Å². The van der Waals surface area contributed by atoms with E-state index >= 15 is 0 Å². The van der Waals surface area contributed by atoms with E-state index in [-0.39, 0.29) is 11.9 Å². The highest BCUT2D eigenvalue weighted by molar-refractivity contribution is 5.94. The van der Waals surface area contributed by atoms with Crippen LogP contribution in [0.15, 0.2) is 42.5 Å². The quantitative estimate of drug-likeness (QED) is 0.823. The van der Waals surface area contributed by atoms with Gasteiger partial charge in [0.2, 0.25) is 0 Å². The van der Waals surface area contributed by atoms with Crippen LogP contribution in [0.4, 0.5) is 0 Å². The van der Waals surface area contributed by atoms with Gasteiger partial charge in [-0.15, -0.1) is 0 Å². The number of nitrogens with zero attached hydrogens (tertiary/aromatic N) is 1. The fourth-order valence-corrected chi connectivity index (χ4v) is 3.79. The number of ether oxygens (including phenoxy) is 2. The lowest BCUT2D eigenvalue weighted by Gasteiger charge is -2.26. The molecule has 0 radical (unpaired) electrons. The fraction of sp³-hybridized carbons (Fsp3) is 0.409. The van der Waals surface area contributed by atoms with Crippen molar-refractivity contribution in [2.24, 2.45) is 0 Å². The summed E-state index contributed by atoms with van der Waals surface area (Å²) < 4.78 is 11.6. The minimum Gasteiger partial charge on any atom is -0.490 e. The van der Waals surface area contributed by atoms with Crippen molar-refractivity contribution in [1.82, 2.24) is 4.90 Å². The van der Waals surface area contributed by atoms with Crippen LogP contribution in [0.5, 0.6) is 11.5 Å². The summed E-state index contributed by atoms with van der Waals surface area (Å²) in [6.07, 6.45) is 3.89. The number of carbonyl (C=O) groups is 1. The highest BCUT2D eigenvalue weighted by Crippen LogP contribution is 2.38. The van der Waals surface area contributed by atoms with Crippen molar-refractivity contribution < 1.29 is 14.3 Å². The standard InChI is InChI=1S/C22H25NO3/c1-2-16-6-8-17(9-7-16)22(24)23-12-3-5-19(23)18-10-11-20-21(15-18)26-14-4-13-25-20/h6-11,15,19H,2-5,12-14H2,1H3. The average molecular weight is 351 g/mol. The Balaban J connectivity index is 1.58. The van der Waals surface area contributed by atoms with Gasteiger partial charge < -0.3 is 14.4 Å². The molecule has 2 aromatic rings. The topological polar surface area (TPSA) is 38.8 Å². The molecule has 0 saturated carbocycles. The Morgan fingerprint density at radius 3 is 2.58 bits per heavy atom. The van der Waals surface area contributed by atoms with E-state index in [1.54, 1.807) is 0 Å². The lowest BCUT2D eigenvalue weighted by atomic mass is 10.0. The molecule has 4 nitrogen and oxygen atoms in total. The highest BCUT2D eigenvalue weighted by atomic mass is 16.5. The summed E-state index contributed by atoms with van der Waals surface area (Å²) in [5.41, 5.74) is 3.15. The van der Waals surface area contributed by atoms with E-state index in [1.807, 2.05) is 35.2 Å². The van der Waals surface area contributed by atoms with Gasteiger partial charge in [0, 0.05) is 18.5 Å². The Bertz CT molecular complexity index is 784.